The quantitative estimate of drug-likeness (QED) is 0.0351. The van der Waals surface area contributed by atoms with Gasteiger partial charge >= 0.3 is 0 Å². The van der Waals surface area contributed by atoms with E-state index in [1.165, 1.54) is 36.4 Å². The summed E-state index contributed by atoms with van der Waals surface area (Å²) in [4.78, 5) is 55.1. The van der Waals surface area contributed by atoms with Crippen LogP contribution in [-0.2, 0) is 7.05 Å². The second kappa shape index (κ2) is 34.1. The highest BCUT2D eigenvalue weighted by Gasteiger charge is 2.25. The molecule has 0 aliphatic carbocycles. The molecule has 0 atom stereocenters. The van der Waals surface area contributed by atoms with Crippen LogP contribution in [0.2, 0.25) is 0 Å². The van der Waals surface area contributed by atoms with Crippen molar-refractivity contribution in [1.29, 1.82) is 0 Å². The Hall–Kier alpha value is -15.2. The number of hydrogen-bond acceptors (Lipinski definition) is 26. The number of aliphatic imine (C=N–C) groups is 3. The molecule has 17 aromatic rings. The molecule has 3 aliphatic heterocycles. The van der Waals surface area contributed by atoms with Gasteiger partial charge in [0.1, 0.15) is 60.0 Å². The molecular formula is C88H80N28OS2. The minimum atomic E-state index is 0.583. The molecule has 29 nitrogen and oxygen atoms in total. The third-order valence-corrected chi connectivity index (χ3v) is 21.3. The Labute approximate surface area is 691 Å². The van der Waals surface area contributed by atoms with Gasteiger partial charge in [-0.1, -0.05) is 97.1 Å². The van der Waals surface area contributed by atoms with Crippen LogP contribution >= 0.6 is 22.7 Å². The number of aromatic nitrogens is 18. The van der Waals surface area contributed by atoms with Gasteiger partial charge in [-0.15, -0.1) is 0 Å². The van der Waals surface area contributed by atoms with Crippen LogP contribution in [0.1, 0.15) is 22.6 Å². The molecular weight excluding hydrogens is 1530 g/mol. The number of nitrogens with zero attached hydrogens (tertiary/aromatic N) is 20. The highest BCUT2D eigenvalue weighted by Crippen LogP contribution is 2.42. The van der Waals surface area contributed by atoms with Crippen molar-refractivity contribution in [3.05, 3.63) is 258 Å². The molecule has 20 rings (SSSR count). The number of aromatic amines is 4. The van der Waals surface area contributed by atoms with Crippen LogP contribution < -0.4 is 40.7 Å². The lowest BCUT2D eigenvalue weighted by Gasteiger charge is -2.20. The standard InChI is InChI=1S/C23H21N7.C23H20N6O.C21H20N8S.C21H19N7S/c1-30(2)19-11-10-16(15-7-4-3-5-8-15)13-18(19)27-22-20-21(17-9-6-12-24-17)28-29-23(20)26-14-25-22;1-14-11-19(30-2)18(12-16(14)15-7-4-3-5-8-15)27-22-20-21(17-9-6-10-24-17)28-29-23(20)26-13-25-22;1-28(2)17-5-4-13(14-7-9-30-11-14)10-16(17)24-20-18-19(15-6-8-29(3)27-15)25-26-21(18)23-12-22-20;1-28(2)17-6-5-13(14-7-9-29-11-14)10-16(17)25-20-18-19(15-4-3-8-22-15)26-27-21(18)24-12-23-20/h3-11,13-14H,12H2,1-2H3,(H2,25,26,27,28,29);3-9,11-13H,10H2,1-2H3,(H2,25,26,27,28,29);4-12H,1-3H3,(H2,22,23,24,25,26);3-7,9-12H,8H2,1-2H3,(H2,23,24,25,26,27). The van der Waals surface area contributed by atoms with E-state index in [1.807, 2.05) is 141 Å². The lowest BCUT2D eigenvalue weighted by molar-refractivity contribution is 0.416. The van der Waals surface area contributed by atoms with Crippen molar-refractivity contribution in [2.24, 2.45) is 22.0 Å². The highest BCUT2D eigenvalue weighted by molar-refractivity contribution is 7.08. The summed E-state index contributed by atoms with van der Waals surface area (Å²) in [5, 5.41) is 59.9. The fourth-order valence-electron chi connectivity index (χ4n) is 14.2. The molecule has 0 radical (unpaired) electrons. The average molecular weight is 1610 g/mol. The Kier molecular flexibility index (Phi) is 21.9. The van der Waals surface area contributed by atoms with Crippen molar-refractivity contribution in [2.45, 2.75) is 6.92 Å². The summed E-state index contributed by atoms with van der Waals surface area (Å²) in [5.41, 5.74) is 26.3. The lowest BCUT2D eigenvalue weighted by atomic mass is 9.99. The number of anilines is 11. The normalized spacial score (nSPS) is 12.5. The number of thiophene rings is 2. The van der Waals surface area contributed by atoms with Crippen molar-refractivity contribution in [3.8, 4) is 61.6 Å². The Morgan fingerprint density at radius 1 is 0.395 bits per heavy atom. The van der Waals surface area contributed by atoms with Gasteiger partial charge in [-0.05, 0) is 163 Å². The second-order valence-corrected chi connectivity index (χ2v) is 29.9. The molecule has 590 valence electrons. The van der Waals surface area contributed by atoms with Crippen molar-refractivity contribution < 1.29 is 4.74 Å². The minimum absolute atomic E-state index is 0.583. The van der Waals surface area contributed by atoms with E-state index in [4.69, 9.17) is 4.74 Å². The van der Waals surface area contributed by atoms with Gasteiger partial charge in [0, 0.05) is 55.5 Å². The van der Waals surface area contributed by atoms with Gasteiger partial charge < -0.3 is 40.7 Å². The molecule has 119 heavy (non-hydrogen) atoms. The largest absolute Gasteiger partial charge is 0.495 e. The molecule has 31 heteroatoms. The van der Waals surface area contributed by atoms with E-state index in [1.54, 1.807) is 34.5 Å². The molecule has 0 unspecified atom stereocenters. The number of aryl methyl sites for hydroxylation is 2. The predicted molar refractivity (Wildman–Crippen MR) is 481 cm³/mol. The summed E-state index contributed by atoms with van der Waals surface area (Å²) in [6, 6.07) is 50.1. The van der Waals surface area contributed by atoms with Gasteiger partial charge in [0.25, 0.3) is 0 Å². The third-order valence-electron chi connectivity index (χ3n) is 20.0. The zero-order valence-corrected chi connectivity index (χ0v) is 67.9. The van der Waals surface area contributed by atoms with Gasteiger partial charge in [-0.2, -0.15) is 48.2 Å². The molecule has 0 fully saturated rings. The van der Waals surface area contributed by atoms with Crippen LogP contribution in [-0.4, -0.2) is 177 Å². The number of rotatable bonds is 20. The summed E-state index contributed by atoms with van der Waals surface area (Å²) in [5.74, 6) is 3.46. The van der Waals surface area contributed by atoms with Crippen LogP contribution in [0, 0.1) is 6.92 Å². The fraction of sp³-hybridized carbons (Fsp3) is 0.136. The maximum Gasteiger partial charge on any atom is 0.186 e. The van der Waals surface area contributed by atoms with E-state index in [0.717, 1.165) is 152 Å². The second-order valence-electron chi connectivity index (χ2n) is 28.3. The zero-order valence-electron chi connectivity index (χ0n) is 66.3. The number of fused-ring (bicyclic) bond motifs is 4. The number of hydrogen-bond donors (Lipinski definition) is 8. The first-order chi connectivity index (χ1) is 58.2. The maximum absolute atomic E-state index is 5.65. The number of nitrogens with one attached hydrogen (secondary N) is 8. The molecule has 6 aromatic carbocycles. The molecule has 11 aromatic heterocycles. The fourth-order valence-corrected chi connectivity index (χ4v) is 15.5. The van der Waals surface area contributed by atoms with Crippen LogP contribution in [0.25, 0.3) is 100 Å². The molecule has 0 saturated heterocycles. The van der Waals surface area contributed by atoms with E-state index in [9.17, 15) is 0 Å². The number of benzene rings is 6. The van der Waals surface area contributed by atoms with E-state index < -0.39 is 0 Å². The van der Waals surface area contributed by atoms with Crippen LogP contribution in [0.15, 0.2) is 250 Å². The van der Waals surface area contributed by atoms with Crippen molar-refractivity contribution in [2.75, 3.05) is 105 Å². The van der Waals surface area contributed by atoms with E-state index in [-0.39, 0.29) is 0 Å². The molecule has 0 bridgehead atoms. The van der Waals surface area contributed by atoms with E-state index >= 15 is 0 Å². The topological polar surface area (TPSA) is 340 Å². The van der Waals surface area contributed by atoms with Gasteiger partial charge in [-0.3, -0.25) is 40.1 Å². The summed E-state index contributed by atoms with van der Waals surface area (Å²) in [7, 11) is 15.7. The number of allylic oxidation sites excluding steroid dienone is 3. The highest BCUT2D eigenvalue weighted by atomic mass is 32.1. The van der Waals surface area contributed by atoms with Crippen LogP contribution in [0.3, 0.4) is 0 Å². The average Bonchev–Trinajstić information content (AvgIpc) is 1.66. The molecule has 0 spiro atoms. The van der Waals surface area contributed by atoms with Gasteiger partial charge in [0.05, 0.1) is 128 Å². The molecule has 0 amide bonds. The van der Waals surface area contributed by atoms with Gasteiger partial charge in [0.2, 0.25) is 0 Å². The zero-order chi connectivity index (χ0) is 81.5. The van der Waals surface area contributed by atoms with Crippen molar-refractivity contribution >= 4 is 147 Å². The Morgan fingerprint density at radius 2 is 0.773 bits per heavy atom. The summed E-state index contributed by atoms with van der Waals surface area (Å²) in [6.07, 6.45) is 20.0. The number of H-pyrrole nitrogens is 4. The molecule has 3 aliphatic rings. The van der Waals surface area contributed by atoms with E-state index in [0.29, 0.717) is 65.5 Å². The van der Waals surface area contributed by atoms with Gasteiger partial charge in [0.15, 0.2) is 22.6 Å². The Morgan fingerprint density at radius 3 is 1.13 bits per heavy atom. The number of ether oxygens (including phenoxy) is 1. The predicted octanol–water partition coefficient (Wildman–Crippen LogP) is 17.2. The summed E-state index contributed by atoms with van der Waals surface area (Å²) >= 11 is 3.38. The lowest BCUT2D eigenvalue weighted by Crippen LogP contribution is -2.11. The maximum atomic E-state index is 5.65. The summed E-state index contributed by atoms with van der Waals surface area (Å²) in [6.45, 7) is 4.10. The smallest absolute Gasteiger partial charge is 0.186 e. The minimum Gasteiger partial charge on any atom is -0.495 e. The first-order valence-electron chi connectivity index (χ1n) is 38.0. The SMILES string of the molecule is CN(C)c1ccc(-c2ccccc2)cc1Nc1ncnc2n[nH]c(C3=NCC=C3)c12.CN(C)c1ccc(-c2ccsc2)cc1Nc1ncnc2n[nH]c(-c3ccn(C)n3)c12.CN(C)c1ccc(-c2ccsc2)cc1Nc1ncnc2n[nH]c(C3=NCC=C3)c12.COc1cc(C)c(-c2ccccc2)cc1Nc1ncnc2n[nH]c(C3=NCC=C3)c12. The first kappa shape index (κ1) is 76.4. The molecule has 14 heterocycles. The van der Waals surface area contributed by atoms with Crippen LogP contribution in [0.5, 0.6) is 5.75 Å². The number of methoxy groups -OCH3 is 1. The monoisotopic (exact) mass is 1610 g/mol. The van der Waals surface area contributed by atoms with Gasteiger partial charge in [-0.25, -0.2) is 39.9 Å². The molecule has 0 saturated carbocycles. The third kappa shape index (κ3) is 16.2. The molecule has 8 N–H and O–H groups in total. The van der Waals surface area contributed by atoms with Crippen molar-refractivity contribution in [1.82, 2.24) is 90.4 Å². The van der Waals surface area contributed by atoms with Crippen LogP contribution in [0.4, 0.5) is 63.1 Å². The first-order valence-corrected chi connectivity index (χ1v) is 39.9. The summed E-state index contributed by atoms with van der Waals surface area (Å²) < 4.78 is 7.41. The van der Waals surface area contributed by atoms with Crippen molar-refractivity contribution in [3.63, 3.8) is 0 Å². The van der Waals surface area contributed by atoms with E-state index in [2.05, 4.69) is 262 Å². The Balaban J connectivity index is 0.000000113. The Bertz CT molecular complexity index is 6730.